The summed E-state index contributed by atoms with van der Waals surface area (Å²) in [6, 6.07) is 2.80. The summed E-state index contributed by atoms with van der Waals surface area (Å²) in [5.41, 5.74) is 0. The Morgan fingerprint density at radius 3 is 2.13 bits per heavy atom. The minimum Gasteiger partial charge on any atom is -0.507 e. The number of hydrogen-bond acceptors (Lipinski definition) is 5. The number of phenolic OH excluding ortho intramolecular Hbond substituents is 1. The standard InChI is InChI=1S/C7H7ClO5S2/c1-14(10,11)7-4-5(15(8,12)13)2-3-6(7)9/h2-4,9H,1H3. The van der Waals surface area contributed by atoms with Gasteiger partial charge in [-0.15, -0.1) is 0 Å². The van der Waals surface area contributed by atoms with Crippen molar-refractivity contribution in [1.29, 1.82) is 0 Å². The molecule has 1 aromatic carbocycles. The topological polar surface area (TPSA) is 88.5 Å². The van der Waals surface area contributed by atoms with Crippen LogP contribution in [0.1, 0.15) is 0 Å². The van der Waals surface area contributed by atoms with E-state index >= 15 is 0 Å². The number of phenols is 1. The third-order valence-corrected chi connectivity index (χ3v) is 4.09. The zero-order chi connectivity index (χ0) is 11.9. The highest BCUT2D eigenvalue weighted by Crippen LogP contribution is 2.26. The molecule has 0 amide bonds. The lowest BCUT2D eigenvalue weighted by molar-refractivity contribution is 0.458. The van der Waals surface area contributed by atoms with Crippen LogP contribution in [0.5, 0.6) is 5.75 Å². The maximum Gasteiger partial charge on any atom is 0.261 e. The Kier molecular flexibility index (Phi) is 2.99. The maximum atomic E-state index is 11.1. The van der Waals surface area contributed by atoms with E-state index in [0.717, 1.165) is 24.5 Å². The molecule has 0 aromatic heterocycles. The van der Waals surface area contributed by atoms with Crippen molar-refractivity contribution in [2.75, 3.05) is 6.26 Å². The molecule has 0 atom stereocenters. The highest BCUT2D eigenvalue weighted by Gasteiger charge is 2.18. The lowest BCUT2D eigenvalue weighted by Crippen LogP contribution is -2.00. The van der Waals surface area contributed by atoms with Crippen LogP contribution in [0.2, 0.25) is 0 Å². The van der Waals surface area contributed by atoms with Crippen LogP contribution in [0.3, 0.4) is 0 Å². The van der Waals surface area contributed by atoms with Gasteiger partial charge in [0.05, 0.1) is 4.90 Å². The summed E-state index contributed by atoms with van der Waals surface area (Å²) in [7, 11) is -2.67. The molecule has 1 aromatic rings. The van der Waals surface area contributed by atoms with Crippen molar-refractivity contribution in [2.24, 2.45) is 0 Å². The van der Waals surface area contributed by atoms with E-state index < -0.39 is 29.5 Å². The van der Waals surface area contributed by atoms with Crippen molar-refractivity contribution in [2.45, 2.75) is 9.79 Å². The fourth-order valence-corrected chi connectivity index (χ4v) is 2.58. The third kappa shape index (κ3) is 2.83. The van der Waals surface area contributed by atoms with Crippen molar-refractivity contribution < 1.29 is 21.9 Å². The molecule has 15 heavy (non-hydrogen) atoms. The molecule has 0 saturated heterocycles. The summed E-state index contributed by atoms with van der Waals surface area (Å²) in [6.07, 6.45) is 0.854. The van der Waals surface area contributed by atoms with Gasteiger partial charge in [0.25, 0.3) is 9.05 Å². The number of hydrogen-bond donors (Lipinski definition) is 1. The predicted molar refractivity (Wildman–Crippen MR) is 54.3 cm³/mol. The minimum absolute atomic E-state index is 0.373. The second kappa shape index (κ2) is 3.66. The molecule has 8 heteroatoms. The normalized spacial score (nSPS) is 12.7. The summed E-state index contributed by atoms with van der Waals surface area (Å²) < 4.78 is 44.1. The summed E-state index contributed by atoms with van der Waals surface area (Å²) in [5.74, 6) is -0.512. The van der Waals surface area contributed by atoms with Gasteiger partial charge in [-0.05, 0) is 18.2 Å². The molecule has 0 aliphatic rings. The Labute approximate surface area is 91.6 Å². The van der Waals surface area contributed by atoms with Gasteiger partial charge in [0.2, 0.25) is 0 Å². The monoisotopic (exact) mass is 270 g/mol. The Bertz CT molecular complexity index is 588. The Morgan fingerprint density at radius 2 is 1.73 bits per heavy atom. The van der Waals surface area contributed by atoms with E-state index in [0.29, 0.717) is 0 Å². The van der Waals surface area contributed by atoms with Gasteiger partial charge in [-0.25, -0.2) is 16.8 Å². The van der Waals surface area contributed by atoms with Crippen LogP contribution in [0.15, 0.2) is 28.0 Å². The molecule has 1 rings (SSSR count). The third-order valence-electron chi connectivity index (χ3n) is 1.61. The van der Waals surface area contributed by atoms with Crippen molar-refractivity contribution in [3.8, 4) is 5.75 Å². The first kappa shape index (κ1) is 12.3. The van der Waals surface area contributed by atoms with Crippen LogP contribution in [0.25, 0.3) is 0 Å². The zero-order valence-corrected chi connectivity index (χ0v) is 9.90. The molecule has 0 saturated carbocycles. The van der Waals surface area contributed by atoms with Crippen LogP contribution in [0.4, 0.5) is 0 Å². The van der Waals surface area contributed by atoms with Crippen molar-refractivity contribution in [3.63, 3.8) is 0 Å². The lowest BCUT2D eigenvalue weighted by atomic mass is 10.3. The van der Waals surface area contributed by atoms with Gasteiger partial charge in [0, 0.05) is 16.9 Å². The Morgan fingerprint density at radius 1 is 1.20 bits per heavy atom. The molecule has 1 N–H and O–H groups in total. The molecular weight excluding hydrogens is 264 g/mol. The molecule has 0 aliphatic carbocycles. The van der Waals surface area contributed by atoms with E-state index in [4.69, 9.17) is 10.7 Å². The first-order chi connectivity index (χ1) is 6.62. The Balaban J connectivity index is 3.57. The first-order valence-electron chi connectivity index (χ1n) is 3.60. The fraction of sp³-hybridized carbons (Fsp3) is 0.143. The molecule has 0 spiro atoms. The van der Waals surface area contributed by atoms with Gasteiger partial charge < -0.3 is 5.11 Å². The van der Waals surface area contributed by atoms with Gasteiger partial charge in [0.1, 0.15) is 10.6 Å². The first-order valence-corrected chi connectivity index (χ1v) is 7.80. The largest absolute Gasteiger partial charge is 0.507 e. The van der Waals surface area contributed by atoms with Crippen molar-refractivity contribution >= 4 is 29.6 Å². The highest BCUT2D eigenvalue weighted by atomic mass is 35.7. The minimum atomic E-state index is -4.01. The smallest absolute Gasteiger partial charge is 0.261 e. The van der Waals surface area contributed by atoms with Crippen LogP contribution < -0.4 is 0 Å². The number of benzene rings is 1. The van der Waals surface area contributed by atoms with Gasteiger partial charge in [-0.3, -0.25) is 0 Å². The SMILES string of the molecule is CS(=O)(=O)c1cc(S(=O)(=O)Cl)ccc1O. The number of rotatable bonds is 2. The van der Waals surface area contributed by atoms with Crippen LogP contribution >= 0.6 is 10.7 Å². The van der Waals surface area contributed by atoms with Gasteiger partial charge in [0.15, 0.2) is 9.84 Å². The number of sulfone groups is 1. The quantitative estimate of drug-likeness (QED) is 0.800. The number of halogens is 1. The highest BCUT2D eigenvalue weighted by molar-refractivity contribution is 8.13. The van der Waals surface area contributed by atoms with Crippen molar-refractivity contribution in [1.82, 2.24) is 0 Å². The number of aromatic hydroxyl groups is 1. The molecular formula is C7H7ClO5S2. The zero-order valence-electron chi connectivity index (χ0n) is 7.51. The summed E-state index contributed by atoms with van der Waals surface area (Å²) in [6.45, 7) is 0. The van der Waals surface area contributed by atoms with Gasteiger partial charge >= 0.3 is 0 Å². The second-order valence-electron chi connectivity index (χ2n) is 2.84. The van der Waals surface area contributed by atoms with Gasteiger partial charge in [-0.2, -0.15) is 0 Å². The summed E-state index contributed by atoms with van der Waals surface area (Å²) in [5, 5.41) is 9.22. The van der Waals surface area contributed by atoms with Crippen LogP contribution in [-0.4, -0.2) is 28.2 Å². The molecule has 0 heterocycles. The van der Waals surface area contributed by atoms with E-state index in [2.05, 4.69) is 0 Å². The summed E-state index contributed by atoms with van der Waals surface area (Å²) in [4.78, 5) is -0.841. The fourth-order valence-electron chi connectivity index (χ4n) is 0.943. The van der Waals surface area contributed by atoms with E-state index in [9.17, 15) is 21.9 Å². The van der Waals surface area contributed by atoms with E-state index in [-0.39, 0.29) is 4.90 Å². The van der Waals surface area contributed by atoms with E-state index in [1.165, 1.54) is 0 Å². The molecule has 0 unspecified atom stereocenters. The molecule has 0 aliphatic heterocycles. The van der Waals surface area contributed by atoms with E-state index in [1.807, 2.05) is 0 Å². The molecule has 0 radical (unpaired) electrons. The lowest BCUT2D eigenvalue weighted by Gasteiger charge is -2.03. The second-order valence-corrected chi connectivity index (χ2v) is 7.39. The molecule has 0 bridgehead atoms. The van der Waals surface area contributed by atoms with Crippen molar-refractivity contribution in [3.05, 3.63) is 18.2 Å². The van der Waals surface area contributed by atoms with Crippen LogP contribution in [0, 0.1) is 0 Å². The molecule has 84 valence electrons. The van der Waals surface area contributed by atoms with Crippen LogP contribution in [-0.2, 0) is 18.9 Å². The summed E-state index contributed by atoms with van der Waals surface area (Å²) >= 11 is 0. The Hall–Kier alpha value is -0.790. The van der Waals surface area contributed by atoms with E-state index in [1.54, 1.807) is 0 Å². The predicted octanol–water partition coefficient (Wildman–Crippen LogP) is 0.723. The average Bonchev–Trinajstić information content (AvgIpc) is 2.00. The molecule has 5 nitrogen and oxygen atoms in total. The average molecular weight is 271 g/mol. The van der Waals surface area contributed by atoms with Gasteiger partial charge in [-0.1, -0.05) is 0 Å². The molecule has 0 fully saturated rings. The maximum absolute atomic E-state index is 11.1.